The van der Waals surface area contributed by atoms with Crippen molar-refractivity contribution < 1.29 is 19.4 Å². The van der Waals surface area contributed by atoms with Crippen molar-refractivity contribution >= 4 is 23.6 Å². The van der Waals surface area contributed by atoms with Gasteiger partial charge in [0.15, 0.2) is 0 Å². The molecule has 0 aromatic heterocycles. The number of carbonyl (C=O) groups is 2. The van der Waals surface area contributed by atoms with Gasteiger partial charge in [-0.2, -0.15) is 0 Å². The summed E-state index contributed by atoms with van der Waals surface area (Å²) < 4.78 is 5.84. The lowest BCUT2D eigenvalue weighted by atomic mass is 10.1. The average Bonchev–Trinajstić information content (AvgIpc) is 3.25. The molecule has 2 atom stereocenters. The van der Waals surface area contributed by atoms with Gasteiger partial charge in [0.2, 0.25) is 5.91 Å². The molecule has 2 unspecified atom stereocenters. The van der Waals surface area contributed by atoms with Crippen LogP contribution in [0.2, 0.25) is 0 Å². The Hall–Kier alpha value is -3.25. The number of benzene rings is 3. The number of carboxylic acid groups (broad SMARTS) is 1. The maximum absolute atomic E-state index is 13.1. The van der Waals surface area contributed by atoms with Gasteiger partial charge in [0, 0.05) is 5.75 Å². The highest BCUT2D eigenvalue weighted by Crippen LogP contribution is 2.42. The van der Waals surface area contributed by atoms with E-state index >= 15 is 0 Å². The van der Waals surface area contributed by atoms with E-state index in [1.807, 2.05) is 84.9 Å². The number of aliphatic carboxylic acids is 1. The van der Waals surface area contributed by atoms with Crippen molar-refractivity contribution in [3.63, 3.8) is 0 Å². The molecule has 3 aromatic carbocycles. The topological polar surface area (TPSA) is 66.8 Å². The molecule has 1 amide bonds. The zero-order valence-corrected chi connectivity index (χ0v) is 17.7. The molecule has 31 heavy (non-hydrogen) atoms. The molecule has 1 heterocycles. The molecule has 1 saturated heterocycles. The van der Waals surface area contributed by atoms with Crippen LogP contribution in [-0.4, -0.2) is 33.7 Å². The number of nitrogens with zero attached hydrogens (tertiary/aromatic N) is 1. The Kier molecular flexibility index (Phi) is 6.57. The van der Waals surface area contributed by atoms with E-state index in [4.69, 9.17) is 4.74 Å². The lowest BCUT2D eigenvalue weighted by Crippen LogP contribution is -2.43. The number of hydrogen-bond donors (Lipinski definition) is 1. The third-order valence-electron chi connectivity index (χ3n) is 5.19. The van der Waals surface area contributed by atoms with Gasteiger partial charge in [-0.3, -0.25) is 4.79 Å². The molecule has 0 radical (unpaired) electrons. The number of carbonyl (C=O) groups excluding carboxylic acids is 1. The van der Waals surface area contributed by atoms with Crippen LogP contribution >= 0.6 is 11.8 Å². The first-order chi connectivity index (χ1) is 15.1. The first-order valence-corrected chi connectivity index (χ1v) is 11.1. The predicted octanol–water partition coefficient (Wildman–Crippen LogP) is 4.54. The minimum atomic E-state index is -0.973. The van der Waals surface area contributed by atoms with Crippen molar-refractivity contribution in [3.05, 3.63) is 102 Å². The summed E-state index contributed by atoms with van der Waals surface area (Å²) in [7, 11) is 0. The molecule has 0 spiro atoms. The third-order valence-corrected chi connectivity index (χ3v) is 6.51. The zero-order chi connectivity index (χ0) is 21.6. The number of hydrogen-bond acceptors (Lipinski definition) is 4. The molecule has 3 aromatic rings. The van der Waals surface area contributed by atoms with Crippen LogP contribution in [0.5, 0.6) is 5.75 Å². The van der Waals surface area contributed by atoms with Crippen molar-refractivity contribution in [2.75, 3.05) is 5.75 Å². The SMILES string of the molecule is O=C(O)C1CSC(c2ccc(OCc3ccccc3)cc2)N1C(=O)Cc1ccccc1. The van der Waals surface area contributed by atoms with Gasteiger partial charge in [-0.05, 0) is 28.8 Å². The van der Waals surface area contributed by atoms with E-state index in [9.17, 15) is 14.7 Å². The first kappa shape index (κ1) is 21.0. The van der Waals surface area contributed by atoms with E-state index in [1.54, 1.807) is 0 Å². The Morgan fingerprint density at radius 1 is 0.903 bits per heavy atom. The monoisotopic (exact) mass is 433 g/mol. The molecular weight excluding hydrogens is 410 g/mol. The van der Waals surface area contributed by atoms with Gasteiger partial charge >= 0.3 is 5.97 Å². The molecule has 0 bridgehead atoms. The highest BCUT2D eigenvalue weighted by molar-refractivity contribution is 7.99. The summed E-state index contributed by atoms with van der Waals surface area (Å²) >= 11 is 1.48. The van der Waals surface area contributed by atoms with Crippen molar-refractivity contribution in [1.82, 2.24) is 4.90 Å². The van der Waals surface area contributed by atoms with Crippen LogP contribution in [-0.2, 0) is 22.6 Å². The second-order valence-electron chi connectivity index (χ2n) is 7.35. The number of thioether (sulfide) groups is 1. The minimum absolute atomic E-state index is 0.181. The normalized spacial score (nSPS) is 18.0. The van der Waals surface area contributed by atoms with E-state index in [0.29, 0.717) is 12.4 Å². The Balaban J connectivity index is 1.48. The largest absolute Gasteiger partial charge is 0.489 e. The molecular formula is C25H23NO4S. The fourth-order valence-corrected chi connectivity index (χ4v) is 5.03. The van der Waals surface area contributed by atoms with Crippen LogP contribution in [0, 0.1) is 0 Å². The average molecular weight is 434 g/mol. The van der Waals surface area contributed by atoms with Crippen LogP contribution in [0.15, 0.2) is 84.9 Å². The quantitative estimate of drug-likeness (QED) is 0.593. The Morgan fingerprint density at radius 2 is 1.52 bits per heavy atom. The summed E-state index contributed by atoms with van der Waals surface area (Å²) in [6.07, 6.45) is 0.181. The van der Waals surface area contributed by atoms with Gasteiger partial charge in [0.05, 0.1) is 6.42 Å². The van der Waals surface area contributed by atoms with E-state index < -0.39 is 12.0 Å². The predicted molar refractivity (Wildman–Crippen MR) is 121 cm³/mol. The summed E-state index contributed by atoms with van der Waals surface area (Å²) in [4.78, 5) is 26.4. The maximum atomic E-state index is 13.1. The minimum Gasteiger partial charge on any atom is -0.489 e. The van der Waals surface area contributed by atoms with Crippen molar-refractivity contribution in [2.45, 2.75) is 24.4 Å². The molecule has 1 fully saturated rings. The smallest absolute Gasteiger partial charge is 0.327 e. The van der Waals surface area contributed by atoms with E-state index in [0.717, 1.165) is 22.4 Å². The second kappa shape index (κ2) is 9.71. The molecule has 1 aliphatic heterocycles. The lowest BCUT2D eigenvalue weighted by Gasteiger charge is -2.28. The highest BCUT2D eigenvalue weighted by Gasteiger charge is 2.42. The molecule has 0 aliphatic carbocycles. The van der Waals surface area contributed by atoms with E-state index in [1.165, 1.54) is 16.7 Å². The maximum Gasteiger partial charge on any atom is 0.327 e. The van der Waals surface area contributed by atoms with Crippen LogP contribution in [0.4, 0.5) is 0 Å². The summed E-state index contributed by atoms with van der Waals surface area (Å²) in [6.45, 7) is 0.473. The van der Waals surface area contributed by atoms with Crippen molar-refractivity contribution in [3.8, 4) is 5.75 Å². The molecule has 6 heteroatoms. The van der Waals surface area contributed by atoms with Crippen LogP contribution in [0.1, 0.15) is 22.1 Å². The molecule has 4 rings (SSSR count). The molecule has 1 aliphatic rings. The van der Waals surface area contributed by atoms with Gasteiger partial charge in [-0.25, -0.2) is 4.79 Å². The fraction of sp³-hybridized carbons (Fsp3) is 0.200. The molecule has 0 saturated carbocycles. The Labute approximate surface area is 185 Å². The van der Waals surface area contributed by atoms with Crippen molar-refractivity contribution in [1.29, 1.82) is 0 Å². The summed E-state index contributed by atoms with van der Waals surface area (Å²) in [5, 5.41) is 9.33. The zero-order valence-electron chi connectivity index (χ0n) is 16.9. The van der Waals surface area contributed by atoms with Gasteiger partial charge in [-0.15, -0.1) is 11.8 Å². The number of rotatable bonds is 7. The van der Waals surface area contributed by atoms with Crippen LogP contribution in [0.25, 0.3) is 0 Å². The number of amides is 1. The summed E-state index contributed by atoms with van der Waals surface area (Å²) in [6, 6.07) is 26.0. The van der Waals surface area contributed by atoms with Crippen LogP contribution in [0.3, 0.4) is 0 Å². The molecule has 1 N–H and O–H groups in total. The number of ether oxygens (including phenoxy) is 1. The van der Waals surface area contributed by atoms with Gasteiger partial charge < -0.3 is 14.7 Å². The van der Waals surface area contributed by atoms with E-state index in [-0.39, 0.29) is 17.7 Å². The molecule has 158 valence electrons. The fourth-order valence-electron chi connectivity index (χ4n) is 3.59. The number of carboxylic acids is 1. The van der Waals surface area contributed by atoms with Gasteiger partial charge in [-0.1, -0.05) is 72.8 Å². The van der Waals surface area contributed by atoms with E-state index in [2.05, 4.69) is 0 Å². The van der Waals surface area contributed by atoms with Gasteiger partial charge in [0.1, 0.15) is 23.8 Å². The Morgan fingerprint density at radius 3 is 2.13 bits per heavy atom. The lowest BCUT2D eigenvalue weighted by molar-refractivity contribution is -0.148. The first-order valence-electron chi connectivity index (χ1n) is 10.1. The standard InChI is InChI=1S/C25H23NO4S/c27-23(15-18-7-3-1-4-8-18)26-22(25(28)29)17-31-24(26)20-11-13-21(14-12-20)30-16-19-9-5-2-6-10-19/h1-14,22,24H,15-17H2,(H,28,29). The summed E-state index contributed by atoms with van der Waals surface area (Å²) in [5.74, 6) is -0.0583. The second-order valence-corrected chi connectivity index (χ2v) is 8.46. The van der Waals surface area contributed by atoms with Crippen LogP contribution < -0.4 is 4.74 Å². The molecule has 5 nitrogen and oxygen atoms in total. The Bertz CT molecular complexity index is 1020. The summed E-state index contributed by atoms with van der Waals surface area (Å²) in [5.41, 5.74) is 2.85. The third kappa shape index (κ3) is 5.09. The highest BCUT2D eigenvalue weighted by atomic mass is 32.2. The van der Waals surface area contributed by atoms with Crippen molar-refractivity contribution in [2.24, 2.45) is 0 Å². The van der Waals surface area contributed by atoms with Gasteiger partial charge in [0.25, 0.3) is 0 Å².